The van der Waals surface area contributed by atoms with Gasteiger partial charge in [0.1, 0.15) is 6.07 Å². The molecule has 0 unspecified atom stereocenters. The largest absolute Gasteiger partial charge is 0.324 e. The number of thiophene rings is 1. The Hall–Kier alpha value is -2.65. The van der Waals surface area contributed by atoms with E-state index in [1.807, 2.05) is 24.4 Å². The van der Waals surface area contributed by atoms with E-state index in [0.717, 1.165) is 10.4 Å². The number of hydrogen-bond donors (Lipinski definition) is 2. The fourth-order valence-electron chi connectivity index (χ4n) is 2.70. The highest BCUT2D eigenvalue weighted by Crippen LogP contribution is 2.26. The van der Waals surface area contributed by atoms with Gasteiger partial charge in [-0.3, -0.25) is 10.1 Å². The Bertz CT molecular complexity index is 962. The van der Waals surface area contributed by atoms with E-state index in [0.29, 0.717) is 16.3 Å². The zero-order valence-corrected chi connectivity index (χ0v) is 16.3. The molecule has 0 aliphatic heterocycles. The standard InChI is InChI=1S/C21H18ClN3OS/c1-14-4-6-15(7-5-14)21(19-3-2-10-27-19)24-13-20(26)25-18-11-17(22)9-8-16(18)12-23/h2-11,21,24H,13H2,1H3,(H,25,26)/t21-/m1/s1. The van der Waals surface area contributed by atoms with Gasteiger partial charge in [0.05, 0.1) is 23.8 Å². The molecule has 0 bridgehead atoms. The number of nitrogens with zero attached hydrogens (tertiary/aromatic N) is 1. The lowest BCUT2D eigenvalue weighted by molar-refractivity contribution is -0.115. The van der Waals surface area contributed by atoms with Crippen LogP contribution in [0.5, 0.6) is 0 Å². The second-order valence-electron chi connectivity index (χ2n) is 6.09. The molecule has 136 valence electrons. The van der Waals surface area contributed by atoms with Crippen LogP contribution in [0.25, 0.3) is 0 Å². The molecule has 6 heteroatoms. The van der Waals surface area contributed by atoms with Gasteiger partial charge in [-0.05, 0) is 42.1 Å². The van der Waals surface area contributed by atoms with E-state index in [2.05, 4.69) is 41.0 Å². The van der Waals surface area contributed by atoms with E-state index < -0.39 is 0 Å². The number of amides is 1. The third kappa shape index (κ3) is 4.95. The van der Waals surface area contributed by atoms with E-state index >= 15 is 0 Å². The van der Waals surface area contributed by atoms with Crippen LogP contribution in [0.2, 0.25) is 5.02 Å². The number of carbonyl (C=O) groups is 1. The molecular formula is C21H18ClN3OS. The van der Waals surface area contributed by atoms with Gasteiger partial charge in [0, 0.05) is 9.90 Å². The average Bonchev–Trinajstić information content (AvgIpc) is 3.18. The molecule has 0 fully saturated rings. The summed E-state index contributed by atoms with van der Waals surface area (Å²) < 4.78 is 0. The monoisotopic (exact) mass is 395 g/mol. The van der Waals surface area contributed by atoms with Gasteiger partial charge in [0.2, 0.25) is 5.91 Å². The lowest BCUT2D eigenvalue weighted by atomic mass is 10.0. The molecule has 0 saturated heterocycles. The Morgan fingerprint density at radius 2 is 2.00 bits per heavy atom. The molecule has 1 heterocycles. The van der Waals surface area contributed by atoms with Gasteiger partial charge in [0.25, 0.3) is 0 Å². The summed E-state index contributed by atoms with van der Waals surface area (Å²) >= 11 is 7.61. The predicted molar refractivity (Wildman–Crippen MR) is 110 cm³/mol. The highest BCUT2D eigenvalue weighted by Gasteiger charge is 2.16. The summed E-state index contributed by atoms with van der Waals surface area (Å²) in [5.41, 5.74) is 3.07. The van der Waals surface area contributed by atoms with E-state index in [1.165, 1.54) is 5.56 Å². The smallest absolute Gasteiger partial charge is 0.238 e. The maximum absolute atomic E-state index is 12.4. The number of nitriles is 1. The quantitative estimate of drug-likeness (QED) is 0.623. The number of hydrogen-bond acceptors (Lipinski definition) is 4. The van der Waals surface area contributed by atoms with Crippen molar-refractivity contribution in [1.29, 1.82) is 5.26 Å². The fourth-order valence-corrected chi connectivity index (χ4v) is 3.70. The predicted octanol–water partition coefficient (Wildman–Crippen LogP) is 4.90. The van der Waals surface area contributed by atoms with Crippen molar-refractivity contribution < 1.29 is 4.79 Å². The highest BCUT2D eigenvalue weighted by molar-refractivity contribution is 7.10. The van der Waals surface area contributed by atoms with Crippen LogP contribution in [-0.2, 0) is 4.79 Å². The molecule has 3 aromatic rings. The molecule has 0 aliphatic rings. The maximum Gasteiger partial charge on any atom is 0.238 e. The number of benzene rings is 2. The minimum absolute atomic E-state index is 0.0776. The van der Waals surface area contributed by atoms with Crippen LogP contribution in [0.15, 0.2) is 60.0 Å². The zero-order chi connectivity index (χ0) is 19.2. The third-order valence-electron chi connectivity index (χ3n) is 4.08. The van der Waals surface area contributed by atoms with Crippen molar-refractivity contribution in [1.82, 2.24) is 5.32 Å². The van der Waals surface area contributed by atoms with Gasteiger partial charge in [-0.15, -0.1) is 11.3 Å². The van der Waals surface area contributed by atoms with E-state index in [-0.39, 0.29) is 18.5 Å². The molecule has 0 radical (unpaired) electrons. The second-order valence-corrected chi connectivity index (χ2v) is 7.51. The minimum Gasteiger partial charge on any atom is -0.324 e. The van der Waals surface area contributed by atoms with Gasteiger partial charge in [0.15, 0.2) is 0 Å². The second kappa shape index (κ2) is 8.83. The molecule has 0 spiro atoms. The van der Waals surface area contributed by atoms with Crippen LogP contribution in [0.1, 0.15) is 27.6 Å². The average molecular weight is 396 g/mol. The van der Waals surface area contributed by atoms with Gasteiger partial charge < -0.3 is 5.32 Å². The molecule has 27 heavy (non-hydrogen) atoms. The van der Waals surface area contributed by atoms with Crippen LogP contribution < -0.4 is 10.6 Å². The van der Waals surface area contributed by atoms with Crippen molar-refractivity contribution in [2.45, 2.75) is 13.0 Å². The molecular weight excluding hydrogens is 378 g/mol. The number of rotatable bonds is 6. The van der Waals surface area contributed by atoms with E-state index in [1.54, 1.807) is 29.5 Å². The zero-order valence-electron chi connectivity index (χ0n) is 14.7. The van der Waals surface area contributed by atoms with Crippen molar-refractivity contribution in [3.8, 4) is 6.07 Å². The summed E-state index contributed by atoms with van der Waals surface area (Å²) in [6.45, 7) is 2.15. The molecule has 1 amide bonds. The summed E-state index contributed by atoms with van der Waals surface area (Å²) in [7, 11) is 0. The van der Waals surface area contributed by atoms with E-state index in [4.69, 9.17) is 11.6 Å². The first-order valence-corrected chi connectivity index (χ1v) is 9.65. The third-order valence-corrected chi connectivity index (χ3v) is 5.25. The Morgan fingerprint density at radius 1 is 1.22 bits per heavy atom. The SMILES string of the molecule is Cc1ccc([C@@H](NCC(=O)Nc2cc(Cl)ccc2C#N)c2cccs2)cc1. The first-order valence-electron chi connectivity index (χ1n) is 8.39. The fraction of sp³-hybridized carbons (Fsp3) is 0.143. The molecule has 3 rings (SSSR count). The van der Waals surface area contributed by atoms with Crippen LogP contribution in [0.3, 0.4) is 0 Å². The number of anilines is 1. The summed E-state index contributed by atoms with van der Waals surface area (Å²) in [4.78, 5) is 13.6. The number of aryl methyl sites for hydroxylation is 1. The molecule has 1 atom stereocenters. The summed E-state index contributed by atoms with van der Waals surface area (Å²) in [6, 6.07) is 19.1. The Labute approximate surface area is 167 Å². The number of carbonyl (C=O) groups excluding carboxylic acids is 1. The van der Waals surface area contributed by atoms with Crippen molar-refractivity contribution in [2.75, 3.05) is 11.9 Å². The molecule has 2 N–H and O–H groups in total. The Balaban J connectivity index is 1.72. The van der Waals surface area contributed by atoms with Crippen LogP contribution in [0.4, 0.5) is 5.69 Å². The first-order chi connectivity index (χ1) is 13.1. The lowest BCUT2D eigenvalue weighted by Crippen LogP contribution is -2.31. The topological polar surface area (TPSA) is 64.9 Å². The summed E-state index contributed by atoms with van der Waals surface area (Å²) in [5.74, 6) is -0.234. The van der Waals surface area contributed by atoms with Gasteiger partial charge in [-0.25, -0.2) is 0 Å². The van der Waals surface area contributed by atoms with Crippen molar-refractivity contribution in [3.05, 3.63) is 86.6 Å². The van der Waals surface area contributed by atoms with Crippen molar-refractivity contribution >= 4 is 34.5 Å². The highest BCUT2D eigenvalue weighted by atomic mass is 35.5. The van der Waals surface area contributed by atoms with Crippen LogP contribution in [0, 0.1) is 18.3 Å². The Morgan fingerprint density at radius 3 is 2.67 bits per heavy atom. The van der Waals surface area contributed by atoms with E-state index in [9.17, 15) is 10.1 Å². The molecule has 0 aliphatic carbocycles. The summed E-state index contributed by atoms with van der Waals surface area (Å²) in [6.07, 6.45) is 0. The van der Waals surface area contributed by atoms with Gasteiger partial charge in [-0.2, -0.15) is 5.26 Å². The normalized spacial score (nSPS) is 11.6. The van der Waals surface area contributed by atoms with Gasteiger partial charge in [-0.1, -0.05) is 47.5 Å². The number of halogens is 1. The number of nitrogens with one attached hydrogen (secondary N) is 2. The van der Waals surface area contributed by atoms with Gasteiger partial charge >= 0.3 is 0 Å². The first kappa shape index (κ1) is 19.1. The summed E-state index contributed by atoms with van der Waals surface area (Å²) in [5, 5.41) is 17.7. The lowest BCUT2D eigenvalue weighted by Gasteiger charge is -2.18. The van der Waals surface area contributed by atoms with Crippen LogP contribution >= 0.6 is 22.9 Å². The molecule has 1 aromatic heterocycles. The molecule has 2 aromatic carbocycles. The molecule has 0 saturated carbocycles. The Kier molecular flexibility index (Phi) is 6.25. The van der Waals surface area contributed by atoms with Crippen molar-refractivity contribution in [2.24, 2.45) is 0 Å². The van der Waals surface area contributed by atoms with Crippen molar-refractivity contribution in [3.63, 3.8) is 0 Å². The van der Waals surface area contributed by atoms with Crippen LogP contribution in [-0.4, -0.2) is 12.5 Å². The minimum atomic E-state index is -0.234. The maximum atomic E-state index is 12.4. The molecule has 4 nitrogen and oxygen atoms in total.